The van der Waals surface area contributed by atoms with Gasteiger partial charge in [0.25, 0.3) is 0 Å². The number of hydrogen-bond acceptors (Lipinski definition) is 3. The smallest absolute Gasteiger partial charge is 0.223 e. The number of hydrogen-bond donors (Lipinski definition) is 3. The Kier molecular flexibility index (Phi) is 4.98. The maximum Gasteiger partial charge on any atom is 0.223 e. The third-order valence-electron chi connectivity index (χ3n) is 3.55. The Morgan fingerprint density at radius 3 is 2.95 bits per heavy atom. The van der Waals surface area contributed by atoms with Crippen molar-refractivity contribution in [3.05, 3.63) is 29.8 Å². The van der Waals surface area contributed by atoms with E-state index in [9.17, 15) is 14.7 Å². The van der Waals surface area contributed by atoms with Crippen LogP contribution in [0.5, 0.6) is 5.75 Å². The molecule has 2 amide bonds. The maximum atomic E-state index is 11.9. The van der Waals surface area contributed by atoms with Gasteiger partial charge in [-0.1, -0.05) is 24.6 Å². The van der Waals surface area contributed by atoms with E-state index < -0.39 is 0 Å². The topological polar surface area (TPSA) is 78.4 Å². The molecule has 5 heteroatoms. The zero-order valence-corrected chi connectivity index (χ0v) is 11.4. The van der Waals surface area contributed by atoms with E-state index in [4.69, 9.17) is 0 Å². The van der Waals surface area contributed by atoms with E-state index in [0.717, 1.165) is 19.3 Å². The van der Waals surface area contributed by atoms with E-state index >= 15 is 0 Å². The summed E-state index contributed by atoms with van der Waals surface area (Å²) in [5.41, 5.74) is 0.672. The Balaban J connectivity index is 1.83. The molecule has 1 saturated heterocycles. The first kappa shape index (κ1) is 14.4. The first-order valence-electron chi connectivity index (χ1n) is 6.98. The van der Waals surface area contributed by atoms with Crippen LogP contribution < -0.4 is 10.6 Å². The minimum Gasteiger partial charge on any atom is -0.508 e. The highest BCUT2D eigenvalue weighted by molar-refractivity contribution is 5.85. The number of phenolic OH excluding ortho intramolecular Hbond substituents is 1. The fraction of sp³-hybridized carbons (Fsp3) is 0.467. The van der Waals surface area contributed by atoms with Crippen LogP contribution >= 0.6 is 0 Å². The Labute approximate surface area is 118 Å². The van der Waals surface area contributed by atoms with Gasteiger partial charge in [0, 0.05) is 31.0 Å². The number of amides is 2. The third-order valence-corrected chi connectivity index (χ3v) is 3.55. The highest BCUT2D eigenvalue weighted by Gasteiger charge is 2.23. The molecule has 1 aromatic rings. The van der Waals surface area contributed by atoms with Crippen molar-refractivity contribution in [1.82, 2.24) is 10.6 Å². The molecule has 1 atom stereocenters. The summed E-state index contributed by atoms with van der Waals surface area (Å²) in [5.74, 6) is -0.252. The lowest BCUT2D eigenvalue weighted by molar-refractivity contribution is -0.130. The number of rotatable bonds is 4. The summed E-state index contributed by atoms with van der Waals surface area (Å²) in [7, 11) is 0. The van der Waals surface area contributed by atoms with Gasteiger partial charge in [0.2, 0.25) is 11.8 Å². The summed E-state index contributed by atoms with van der Waals surface area (Å²) in [6, 6.07) is 6.88. The lowest BCUT2D eigenvalue weighted by atomic mass is 9.98. The summed E-state index contributed by atoms with van der Waals surface area (Å²) in [6.45, 7) is 0.981. The quantitative estimate of drug-likeness (QED) is 0.776. The normalized spacial score (nSPS) is 19.0. The van der Waals surface area contributed by atoms with E-state index in [1.165, 1.54) is 0 Å². The zero-order chi connectivity index (χ0) is 14.4. The van der Waals surface area contributed by atoms with Crippen molar-refractivity contribution in [1.29, 1.82) is 0 Å². The molecule has 0 spiro atoms. The van der Waals surface area contributed by atoms with E-state index in [0.29, 0.717) is 12.1 Å². The average molecular weight is 276 g/mol. The van der Waals surface area contributed by atoms with Crippen LogP contribution in [-0.4, -0.2) is 23.5 Å². The van der Waals surface area contributed by atoms with Gasteiger partial charge in [0.1, 0.15) is 5.75 Å². The van der Waals surface area contributed by atoms with Crippen LogP contribution in [0.1, 0.15) is 31.2 Å². The molecule has 5 nitrogen and oxygen atoms in total. The van der Waals surface area contributed by atoms with Gasteiger partial charge in [0.15, 0.2) is 0 Å². The van der Waals surface area contributed by atoms with Gasteiger partial charge >= 0.3 is 0 Å². The number of nitrogens with one attached hydrogen (secondary N) is 2. The summed E-state index contributed by atoms with van der Waals surface area (Å²) in [4.78, 5) is 23.6. The van der Waals surface area contributed by atoms with Crippen molar-refractivity contribution in [2.45, 2.75) is 32.2 Å². The first-order valence-corrected chi connectivity index (χ1v) is 6.98. The standard InChI is InChI=1S/C15H20N2O3/c18-13-7-2-1-6-12(13)10-17-14(19)9-11-5-3-4-8-16-15(11)20/h1-2,6-7,11,18H,3-5,8-10H2,(H,16,20)(H,17,19). The van der Waals surface area contributed by atoms with Crippen LogP contribution in [0.3, 0.4) is 0 Å². The van der Waals surface area contributed by atoms with Crippen molar-refractivity contribution >= 4 is 11.8 Å². The fourth-order valence-electron chi connectivity index (χ4n) is 2.35. The number of para-hydroxylation sites is 1. The van der Waals surface area contributed by atoms with E-state index in [1.54, 1.807) is 24.3 Å². The van der Waals surface area contributed by atoms with E-state index in [2.05, 4.69) is 10.6 Å². The molecule has 0 bridgehead atoms. The lowest BCUT2D eigenvalue weighted by Gasteiger charge is -2.13. The maximum absolute atomic E-state index is 11.9. The van der Waals surface area contributed by atoms with Gasteiger partial charge in [-0.2, -0.15) is 0 Å². The van der Waals surface area contributed by atoms with Crippen molar-refractivity contribution in [3.63, 3.8) is 0 Å². The predicted molar refractivity (Wildman–Crippen MR) is 74.9 cm³/mol. The van der Waals surface area contributed by atoms with Gasteiger partial charge in [-0.3, -0.25) is 9.59 Å². The molecule has 0 aromatic heterocycles. The summed E-state index contributed by atoms with van der Waals surface area (Å²) >= 11 is 0. The first-order chi connectivity index (χ1) is 9.66. The monoisotopic (exact) mass is 276 g/mol. The molecule has 3 N–H and O–H groups in total. The zero-order valence-electron chi connectivity index (χ0n) is 11.4. The molecule has 20 heavy (non-hydrogen) atoms. The van der Waals surface area contributed by atoms with Gasteiger partial charge in [0.05, 0.1) is 0 Å². The largest absolute Gasteiger partial charge is 0.508 e. The minimum atomic E-state index is -0.234. The number of benzene rings is 1. The number of carbonyl (C=O) groups is 2. The van der Waals surface area contributed by atoms with E-state index in [-0.39, 0.29) is 36.4 Å². The number of carbonyl (C=O) groups excluding carboxylic acids is 2. The Morgan fingerprint density at radius 1 is 1.35 bits per heavy atom. The fourth-order valence-corrected chi connectivity index (χ4v) is 2.35. The molecular formula is C15H20N2O3. The third kappa shape index (κ3) is 3.98. The Morgan fingerprint density at radius 2 is 2.15 bits per heavy atom. The van der Waals surface area contributed by atoms with Crippen molar-refractivity contribution in [2.75, 3.05) is 6.54 Å². The molecule has 1 aromatic carbocycles. The second-order valence-corrected chi connectivity index (χ2v) is 5.09. The molecule has 1 fully saturated rings. The molecule has 2 rings (SSSR count). The van der Waals surface area contributed by atoms with Gasteiger partial charge in [-0.05, 0) is 18.9 Å². The summed E-state index contributed by atoms with van der Waals surface area (Å²) in [6.07, 6.45) is 2.91. The Bertz CT molecular complexity index is 488. The molecule has 108 valence electrons. The summed E-state index contributed by atoms with van der Waals surface area (Å²) < 4.78 is 0. The molecule has 0 radical (unpaired) electrons. The minimum absolute atomic E-state index is 0.0276. The molecule has 1 heterocycles. The van der Waals surface area contributed by atoms with E-state index in [1.807, 2.05) is 0 Å². The Hall–Kier alpha value is -2.04. The van der Waals surface area contributed by atoms with Crippen LogP contribution in [0.4, 0.5) is 0 Å². The predicted octanol–water partition coefficient (Wildman–Crippen LogP) is 1.31. The van der Waals surface area contributed by atoms with Gasteiger partial charge < -0.3 is 15.7 Å². The van der Waals surface area contributed by atoms with Crippen molar-refractivity contribution in [2.24, 2.45) is 5.92 Å². The molecular weight excluding hydrogens is 256 g/mol. The highest BCUT2D eigenvalue weighted by atomic mass is 16.3. The highest BCUT2D eigenvalue weighted by Crippen LogP contribution is 2.17. The molecule has 0 saturated carbocycles. The van der Waals surface area contributed by atoms with Crippen LogP contribution in [0.25, 0.3) is 0 Å². The second-order valence-electron chi connectivity index (χ2n) is 5.09. The summed E-state index contributed by atoms with van der Waals surface area (Å²) in [5, 5.41) is 15.2. The lowest BCUT2D eigenvalue weighted by Crippen LogP contribution is -2.33. The van der Waals surface area contributed by atoms with Crippen LogP contribution in [0.2, 0.25) is 0 Å². The van der Waals surface area contributed by atoms with Crippen LogP contribution in [0, 0.1) is 5.92 Å². The SMILES string of the molecule is O=C(CC1CCCCNC1=O)NCc1ccccc1O. The van der Waals surface area contributed by atoms with Crippen molar-refractivity contribution < 1.29 is 14.7 Å². The van der Waals surface area contributed by atoms with Gasteiger partial charge in [-0.25, -0.2) is 0 Å². The molecule has 1 aliphatic rings. The average Bonchev–Trinajstić information content (AvgIpc) is 2.63. The number of aromatic hydroxyl groups is 1. The second kappa shape index (κ2) is 6.93. The number of phenols is 1. The molecule has 1 unspecified atom stereocenters. The molecule has 1 aliphatic heterocycles. The van der Waals surface area contributed by atoms with Crippen LogP contribution in [-0.2, 0) is 16.1 Å². The van der Waals surface area contributed by atoms with Gasteiger partial charge in [-0.15, -0.1) is 0 Å². The van der Waals surface area contributed by atoms with Crippen molar-refractivity contribution in [3.8, 4) is 5.75 Å². The van der Waals surface area contributed by atoms with Crippen LogP contribution in [0.15, 0.2) is 24.3 Å². The molecule has 0 aliphatic carbocycles.